The summed E-state index contributed by atoms with van der Waals surface area (Å²) in [6, 6.07) is 8.99. The third-order valence-electron chi connectivity index (χ3n) is 2.34. The minimum Gasteiger partial charge on any atom is -0.386 e. The highest BCUT2D eigenvalue weighted by atomic mass is 35.5. The second-order valence-corrected chi connectivity index (χ2v) is 4.95. The number of hydrogen-bond acceptors (Lipinski definition) is 5. The Kier molecular flexibility index (Phi) is 6.55. The SMILES string of the molecule is CNc1c(Cl)cccc1/C(N)=N/N.O=Cc1cccs1. The molecule has 106 valence electrons. The number of aldehydes is 1. The van der Waals surface area contributed by atoms with Crippen molar-refractivity contribution in [1.82, 2.24) is 0 Å². The van der Waals surface area contributed by atoms with Crippen molar-refractivity contribution >= 4 is 40.7 Å². The van der Waals surface area contributed by atoms with Crippen molar-refractivity contribution in [3.8, 4) is 0 Å². The molecule has 0 amide bonds. The van der Waals surface area contributed by atoms with E-state index in [0.717, 1.165) is 16.9 Å². The topological polar surface area (TPSA) is 93.5 Å². The van der Waals surface area contributed by atoms with Crippen LogP contribution in [0.2, 0.25) is 5.02 Å². The zero-order valence-electron chi connectivity index (χ0n) is 10.8. The molecule has 5 nitrogen and oxygen atoms in total. The van der Waals surface area contributed by atoms with Crippen molar-refractivity contribution in [2.45, 2.75) is 0 Å². The van der Waals surface area contributed by atoms with Crippen LogP contribution in [0, 0.1) is 0 Å². The number of carbonyl (C=O) groups is 1. The summed E-state index contributed by atoms with van der Waals surface area (Å²) in [6.45, 7) is 0. The Labute approximate surface area is 126 Å². The Morgan fingerprint density at radius 1 is 1.40 bits per heavy atom. The van der Waals surface area contributed by atoms with Crippen LogP contribution >= 0.6 is 22.9 Å². The number of nitrogens with two attached hydrogens (primary N) is 2. The first-order valence-electron chi connectivity index (χ1n) is 5.62. The van der Waals surface area contributed by atoms with E-state index < -0.39 is 0 Å². The highest BCUT2D eigenvalue weighted by Crippen LogP contribution is 2.24. The lowest BCUT2D eigenvalue weighted by Crippen LogP contribution is -2.17. The number of rotatable bonds is 3. The lowest BCUT2D eigenvalue weighted by molar-refractivity contribution is 0.112. The van der Waals surface area contributed by atoms with Crippen LogP contribution in [0.4, 0.5) is 5.69 Å². The molecule has 1 aromatic heterocycles. The second-order valence-electron chi connectivity index (χ2n) is 3.56. The van der Waals surface area contributed by atoms with Gasteiger partial charge >= 0.3 is 0 Å². The highest BCUT2D eigenvalue weighted by molar-refractivity contribution is 7.11. The summed E-state index contributed by atoms with van der Waals surface area (Å²) < 4.78 is 0. The average molecular weight is 311 g/mol. The maximum atomic E-state index is 9.88. The summed E-state index contributed by atoms with van der Waals surface area (Å²) in [5, 5.41) is 8.80. The van der Waals surface area contributed by atoms with Gasteiger partial charge in [0, 0.05) is 12.6 Å². The van der Waals surface area contributed by atoms with E-state index in [0.29, 0.717) is 10.6 Å². The summed E-state index contributed by atoms with van der Waals surface area (Å²) in [5.74, 6) is 5.33. The standard InChI is InChI=1S/C8H11ClN4.C5H4OS/c1-12-7-5(8(10)13-11)3-2-4-6(7)9;6-4-5-2-1-3-7-5/h2-4,12H,11H2,1H3,(H2,10,13);1-4H. The largest absolute Gasteiger partial charge is 0.386 e. The molecule has 0 radical (unpaired) electrons. The van der Waals surface area contributed by atoms with Gasteiger partial charge in [0.15, 0.2) is 12.1 Å². The number of thiophene rings is 1. The maximum Gasteiger partial charge on any atom is 0.159 e. The second kappa shape index (κ2) is 8.19. The molecule has 0 atom stereocenters. The molecule has 1 heterocycles. The Morgan fingerprint density at radius 3 is 2.60 bits per heavy atom. The van der Waals surface area contributed by atoms with Gasteiger partial charge in [0.25, 0.3) is 0 Å². The van der Waals surface area contributed by atoms with E-state index in [2.05, 4.69) is 10.4 Å². The number of amidine groups is 1. The Morgan fingerprint density at radius 2 is 2.15 bits per heavy atom. The van der Waals surface area contributed by atoms with Crippen LogP contribution in [-0.4, -0.2) is 19.2 Å². The molecule has 5 N–H and O–H groups in total. The zero-order chi connectivity index (χ0) is 15.0. The van der Waals surface area contributed by atoms with E-state index >= 15 is 0 Å². The molecule has 0 aliphatic carbocycles. The summed E-state index contributed by atoms with van der Waals surface area (Å²) in [5.41, 5.74) is 7.00. The zero-order valence-corrected chi connectivity index (χ0v) is 12.4. The molecule has 0 saturated heterocycles. The molecule has 0 bridgehead atoms. The molecule has 7 heteroatoms. The van der Waals surface area contributed by atoms with Gasteiger partial charge in [-0.2, -0.15) is 5.10 Å². The summed E-state index contributed by atoms with van der Waals surface area (Å²) in [6.07, 6.45) is 0.852. The van der Waals surface area contributed by atoms with Gasteiger partial charge in [0.1, 0.15) is 0 Å². The van der Waals surface area contributed by atoms with Gasteiger partial charge in [-0.1, -0.05) is 23.7 Å². The van der Waals surface area contributed by atoms with Crippen molar-refractivity contribution in [2.24, 2.45) is 16.7 Å². The Bertz CT molecular complexity index is 584. The molecular formula is C13H15ClN4OS. The fourth-order valence-corrected chi connectivity index (χ4v) is 2.22. The van der Waals surface area contributed by atoms with Gasteiger partial charge in [0.05, 0.1) is 15.6 Å². The van der Waals surface area contributed by atoms with Crippen LogP contribution in [0.1, 0.15) is 15.2 Å². The van der Waals surface area contributed by atoms with E-state index in [1.54, 1.807) is 31.3 Å². The molecule has 2 rings (SSSR count). The van der Waals surface area contributed by atoms with E-state index in [4.69, 9.17) is 23.2 Å². The predicted octanol–water partition coefficient (Wildman–Crippen LogP) is 2.52. The number of nitrogens with zero attached hydrogens (tertiary/aromatic N) is 1. The third-order valence-corrected chi connectivity index (χ3v) is 3.45. The van der Waals surface area contributed by atoms with Crippen LogP contribution in [0.25, 0.3) is 0 Å². The molecule has 0 fully saturated rings. The first-order chi connectivity index (χ1) is 9.63. The monoisotopic (exact) mass is 310 g/mol. The van der Waals surface area contributed by atoms with Crippen molar-refractivity contribution in [3.63, 3.8) is 0 Å². The Balaban J connectivity index is 0.000000240. The van der Waals surface area contributed by atoms with Gasteiger partial charge in [-0.3, -0.25) is 4.79 Å². The van der Waals surface area contributed by atoms with E-state index in [-0.39, 0.29) is 5.84 Å². The fourth-order valence-electron chi connectivity index (χ4n) is 1.42. The quantitative estimate of drug-likeness (QED) is 0.267. The number of hydrazone groups is 1. The van der Waals surface area contributed by atoms with Crippen molar-refractivity contribution in [3.05, 3.63) is 51.2 Å². The molecule has 0 spiro atoms. The molecule has 2 aromatic rings. The molecular weight excluding hydrogens is 296 g/mol. The smallest absolute Gasteiger partial charge is 0.159 e. The third kappa shape index (κ3) is 4.25. The number of hydrogen-bond donors (Lipinski definition) is 3. The van der Waals surface area contributed by atoms with Gasteiger partial charge in [-0.05, 0) is 23.6 Å². The van der Waals surface area contributed by atoms with Crippen molar-refractivity contribution in [1.29, 1.82) is 0 Å². The summed E-state index contributed by atoms with van der Waals surface area (Å²) in [7, 11) is 1.76. The number of anilines is 1. The first-order valence-corrected chi connectivity index (χ1v) is 6.88. The number of halogens is 1. The first kappa shape index (κ1) is 16.0. The molecule has 0 unspecified atom stereocenters. The average Bonchev–Trinajstić information content (AvgIpc) is 3.00. The lowest BCUT2D eigenvalue weighted by Gasteiger charge is -2.09. The minimum absolute atomic E-state index is 0.256. The number of carbonyl (C=O) groups excluding carboxylic acids is 1. The maximum absolute atomic E-state index is 9.88. The van der Waals surface area contributed by atoms with Gasteiger partial charge in [-0.25, -0.2) is 0 Å². The molecule has 20 heavy (non-hydrogen) atoms. The molecule has 0 saturated carbocycles. The van der Waals surface area contributed by atoms with Crippen LogP contribution < -0.4 is 16.9 Å². The normalized spacial score (nSPS) is 10.4. The van der Waals surface area contributed by atoms with E-state index in [1.165, 1.54) is 11.3 Å². The summed E-state index contributed by atoms with van der Waals surface area (Å²) in [4.78, 5) is 10.7. The lowest BCUT2D eigenvalue weighted by atomic mass is 10.1. The van der Waals surface area contributed by atoms with Gasteiger partial charge in [0.2, 0.25) is 0 Å². The Hall–Kier alpha value is -2.05. The molecule has 0 aliphatic heterocycles. The van der Waals surface area contributed by atoms with E-state index in [1.807, 2.05) is 11.4 Å². The number of para-hydroxylation sites is 1. The van der Waals surface area contributed by atoms with Gasteiger partial charge in [-0.15, -0.1) is 11.3 Å². The predicted molar refractivity (Wildman–Crippen MR) is 85.6 cm³/mol. The minimum atomic E-state index is 0.256. The molecule has 1 aromatic carbocycles. The van der Waals surface area contributed by atoms with Crippen LogP contribution in [-0.2, 0) is 0 Å². The van der Waals surface area contributed by atoms with Gasteiger partial charge < -0.3 is 16.9 Å². The highest BCUT2D eigenvalue weighted by Gasteiger charge is 2.07. The van der Waals surface area contributed by atoms with Crippen LogP contribution in [0.15, 0.2) is 40.8 Å². The number of nitrogens with one attached hydrogen (secondary N) is 1. The summed E-state index contributed by atoms with van der Waals surface area (Å²) >= 11 is 7.37. The van der Waals surface area contributed by atoms with Crippen LogP contribution in [0.3, 0.4) is 0 Å². The van der Waals surface area contributed by atoms with Crippen molar-refractivity contribution in [2.75, 3.05) is 12.4 Å². The fraction of sp³-hybridized carbons (Fsp3) is 0.0769. The van der Waals surface area contributed by atoms with Crippen LogP contribution in [0.5, 0.6) is 0 Å². The van der Waals surface area contributed by atoms with E-state index in [9.17, 15) is 4.79 Å². The van der Waals surface area contributed by atoms with Crippen molar-refractivity contribution < 1.29 is 4.79 Å². The molecule has 0 aliphatic rings. The number of benzene rings is 1.